The normalized spacial score (nSPS) is 10.2. The number of halogens is 1. The van der Waals surface area contributed by atoms with Crippen molar-refractivity contribution in [1.29, 1.82) is 0 Å². The molecule has 16 heavy (non-hydrogen) atoms. The van der Waals surface area contributed by atoms with Crippen LogP contribution in [-0.4, -0.2) is 42.6 Å². The van der Waals surface area contributed by atoms with Crippen LogP contribution in [0.4, 0.5) is 0 Å². The minimum absolute atomic E-state index is 0.00245. The Bertz CT molecular complexity index is 358. The van der Waals surface area contributed by atoms with Crippen molar-refractivity contribution < 1.29 is 9.53 Å². The number of methoxy groups -OCH3 is 1. The first-order valence-corrected chi connectivity index (χ1v) is 5.88. The van der Waals surface area contributed by atoms with Crippen LogP contribution < -0.4 is 0 Å². The van der Waals surface area contributed by atoms with Gasteiger partial charge in [0.25, 0.3) is 5.91 Å². The van der Waals surface area contributed by atoms with Crippen molar-refractivity contribution in [2.75, 3.05) is 26.8 Å². The Balaban J connectivity index is 2.74. The molecule has 0 N–H and O–H groups in total. The predicted molar refractivity (Wildman–Crippen MR) is 65.4 cm³/mol. The highest BCUT2D eigenvalue weighted by molar-refractivity contribution is 9.10. The van der Waals surface area contributed by atoms with Gasteiger partial charge in [0.1, 0.15) is 4.60 Å². The van der Waals surface area contributed by atoms with Crippen LogP contribution in [0.1, 0.15) is 17.3 Å². The van der Waals surface area contributed by atoms with Crippen LogP contribution in [0.15, 0.2) is 22.9 Å². The number of pyridine rings is 1. The largest absolute Gasteiger partial charge is 0.383 e. The number of nitrogens with zero attached hydrogens (tertiary/aromatic N) is 2. The molecule has 1 aromatic rings. The van der Waals surface area contributed by atoms with E-state index in [0.717, 1.165) is 0 Å². The van der Waals surface area contributed by atoms with E-state index in [4.69, 9.17) is 4.74 Å². The molecule has 0 aliphatic heterocycles. The summed E-state index contributed by atoms with van der Waals surface area (Å²) < 4.78 is 5.64. The van der Waals surface area contributed by atoms with Crippen LogP contribution in [-0.2, 0) is 4.74 Å². The molecular formula is C11H15BrN2O2. The predicted octanol–water partition coefficient (Wildman–Crippen LogP) is 1.95. The third kappa shape index (κ3) is 3.57. The number of aromatic nitrogens is 1. The zero-order valence-corrected chi connectivity index (χ0v) is 11.0. The van der Waals surface area contributed by atoms with E-state index >= 15 is 0 Å². The van der Waals surface area contributed by atoms with Crippen molar-refractivity contribution in [3.8, 4) is 0 Å². The molecule has 1 aromatic heterocycles. The molecule has 0 fully saturated rings. The minimum Gasteiger partial charge on any atom is -0.383 e. The van der Waals surface area contributed by atoms with Gasteiger partial charge in [0.05, 0.1) is 6.61 Å². The third-order valence-corrected chi connectivity index (χ3v) is 2.64. The fraction of sp³-hybridized carbons (Fsp3) is 0.455. The van der Waals surface area contributed by atoms with Crippen molar-refractivity contribution in [3.63, 3.8) is 0 Å². The van der Waals surface area contributed by atoms with E-state index in [2.05, 4.69) is 20.9 Å². The van der Waals surface area contributed by atoms with Gasteiger partial charge in [-0.25, -0.2) is 4.98 Å². The second-order valence-corrected chi connectivity index (χ2v) is 4.06. The molecule has 0 aliphatic rings. The molecule has 88 valence electrons. The Morgan fingerprint density at radius 3 is 2.94 bits per heavy atom. The first-order chi connectivity index (χ1) is 7.69. The molecule has 0 radical (unpaired) electrons. The molecule has 5 heteroatoms. The highest BCUT2D eigenvalue weighted by Crippen LogP contribution is 2.10. The SMILES string of the molecule is CCN(CCOC)C(=O)c1ccnc(Br)c1. The van der Waals surface area contributed by atoms with Crippen molar-refractivity contribution in [2.24, 2.45) is 0 Å². The topological polar surface area (TPSA) is 42.4 Å². The number of amides is 1. The number of hydrogen-bond acceptors (Lipinski definition) is 3. The molecule has 0 unspecified atom stereocenters. The molecule has 0 saturated carbocycles. The van der Waals surface area contributed by atoms with E-state index in [0.29, 0.717) is 29.9 Å². The summed E-state index contributed by atoms with van der Waals surface area (Å²) in [7, 11) is 1.63. The van der Waals surface area contributed by atoms with E-state index in [9.17, 15) is 4.79 Å². The fourth-order valence-corrected chi connectivity index (χ4v) is 1.69. The summed E-state index contributed by atoms with van der Waals surface area (Å²) in [5.41, 5.74) is 0.639. The maximum absolute atomic E-state index is 12.1. The fourth-order valence-electron chi connectivity index (χ4n) is 1.32. The highest BCUT2D eigenvalue weighted by atomic mass is 79.9. The number of carbonyl (C=O) groups is 1. The summed E-state index contributed by atoms with van der Waals surface area (Å²) in [6.45, 7) is 3.77. The molecule has 0 saturated heterocycles. The maximum atomic E-state index is 12.1. The Labute approximate surface area is 104 Å². The summed E-state index contributed by atoms with van der Waals surface area (Å²) in [5.74, 6) is 0.00245. The van der Waals surface area contributed by atoms with Gasteiger partial charge in [-0.1, -0.05) is 0 Å². The second kappa shape index (κ2) is 6.60. The molecule has 0 aliphatic carbocycles. The van der Waals surface area contributed by atoms with Gasteiger partial charge in [0.2, 0.25) is 0 Å². The van der Waals surface area contributed by atoms with Gasteiger partial charge in [-0.2, -0.15) is 0 Å². The van der Waals surface area contributed by atoms with Gasteiger partial charge in [-0.05, 0) is 35.0 Å². The van der Waals surface area contributed by atoms with E-state index in [1.54, 1.807) is 30.3 Å². The smallest absolute Gasteiger partial charge is 0.254 e. The number of carbonyl (C=O) groups excluding carboxylic acids is 1. The lowest BCUT2D eigenvalue weighted by Crippen LogP contribution is -2.33. The molecule has 0 aromatic carbocycles. The summed E-state index contributed by atoms with van der Waals surface area (Å²) in [4.78, 5) is 17.8. The molecule has 1 heterocycles. The summed E-state index contributed by atoms with van der Waals surface area (Å²) in [6, 6.07) is 3.43. The monoisotopic (exact) mass is 286 g/mol. The molecule has 4 nitrogen and oxygen atoms in total. The standard InChI is InChI=1S/C11H15BrN2O2/c1-3-14(6-7-16-2)11(15)9-4-5-13-10(12)8-9/h4-5,8H,3,6-7H2,1-2H3. The summed E-state index contributed by atoms with van der Waals surface area (Å²) in [5, 5.41) is 0. The van der Waals surface area contributed by atoms with E-state index in [1.807, 2.05) is 6.92 Å². The average molecular weight is 287 g/mol. The highest BCUT2D eigenvalue weighted by Gasteiger charge is 2.13. The summed E-state index contributed by atoms with van der Waals surface area (Å²) in [6.07, 6.45) is 1.61. The van der Waals surface area contributed by atoms with E-state index < -0.39 is 0 Å². The van der Waals surface area contributed by atoms with Gasteiger partial charge >= 0.3 is 0 Å². The van der Waals surface area contributed by atoms with E-state index in [-0.39, 0.29) is 5.91 Å². The van der Waals surface area contributed by atoms with Crippen molar-refractivity contribution >= 4 is 21.8 Å². The van der Waals surface area contributed by atoms with Crippen LogP contribution in [0.25, 0.3) is 0 Å². The van der Waals surface area contributed by atoms with Gasteiger partial charge in [-0.15, -0.1) is 0 Å². The quantitative estimate of drug-likeness (QED) is 0.777. The zero-order chi connectivity index (χ0) is 12.0. The Kier molecular flexibility index (Phi) is 5.42. The summed E-state index contributed by atoms with van der Waals surface area (Å²) >= 11 is 3.25. The maximum Gasteiger partial charge on any atom is 0.254 e. The van der Waals surface area contributed by atoms with E-state index in [1.165, 1.54) is 0 Å². The molecular weight excluding hydrogens is 272 g/mol. The number of hydrogen-bond donors (Lipinski definition) is 0. The molecule has 1 amide bonds. The van der Waals surface area contributed by atoms with Gasteiger partial charge in [0.15, 0.2) is 0 Å². The van der Waals surface area contributed by atoms with Crippen LogP contribution in [0.2, 0.25) is 0 Å². The van der Waals surface area contributed by atoms with Gasteiger partial charge in [0, 0.05) is 32.0 Å². The minimum atomic E-state index is 0.00245. The first-order valence-electron chi connectivity index (χ1n) is 5.08. The third-order valence-electron chi connectivity index (χ3n) is 2.21. The number of ether oxygens (including phenoxy) is 1. The lowest BCUT2D eigenvalue weighted by Gasteiger charge is -2.20. The number of likely N-dealkylation sites (N-methyl/N-ethyl adjacent to an activating group) is 1. The number of rotatable bonds is 5. The van der Waals surface area contributed by atoms with Crippen molar-refractivity contribution in [2.45, 2.75) is 6.92 Å². The Hall–Kier alpha value is -0.940. The first kappa shape index (κ1) is 13.1. The molecule has 0 bridgehead atoms. The van der Waals surface area contributed by atoms with Crippen LogP contribution in [0.3, 0.4) is 0 Å². The second-order valence-electron chi connectivity index (χ2n) is 3.24. The van der Waals surface area contributed by atoms with Crippen LogP contribution in [0, 0.1) is 0 Å². The van der Waals surface area contributed by atoms with Gasteiger partial charge in [-0.3, -0.25) is 4.79 Å². The lowest BCUT2D eigenvalue weighted by molar-refractivity contribution is 0.0706. The van der Waals surface area contributed by atoms with Gasteiger partial charge < -0.3 is 9.64 Å². The zero-order valence-electron chi connectivity index (χ0n) is 9.44. The van der Waals surface area contributed by atoms with Crippen LogP contribution in [0.5, 0.6) is 0 Å². The lowest BCUT2D eigenvalue weighted by atomic mass is 10.2. The molecule has 1 rings (SSSR count). The Morgan fingerprint density at radius 2 is 2.38 bits per heavy atom. The molecule has 0 spiro atoms. The van der Waals surface area contributed by atoms with Crippen molar-refractivity contribution in [1.82, 2.24) is 9.88 Å². The van der Waals surface area contributed by atoms with Crippen LogP contribution >= 0.6 is 15.9 Å². The van der Waals surface area contributed by atoms with Crippen molar-refractivity contribution in [3.05, 3.63) is 28.5 Å². The average Bonchev–Trinajstić information content (AvgIpc) is 2.29. The molecule has 0 atom stereocenters. The Morgan fingerprint density at radius 1 is 1.62 bits per heavy atom.